The molecular formula is C8H16N2O2. The van der Waals surface area contributed by atoms with Crippen molar-refractivity contribution in [1.29, 1.82) is 0 Å². The first-order valence-corrected chi connectivity index (χ1v) is 4.45. The summed E-state index contributed by atoms with van der Waals surface area (Å²) in [7, 11) is 0. The van der Waals surface area contributed by atoms with E-state index in [0.29, 0.717) is 0 Å². The molecule has 0 unspecified atom stereocenters. The predicted octanol–water partition coefficient (Wildman–Crippen LogP) is 0.914. The number of carbonyl (C=O) groups is 1. The van der Waals surface area contributed by atoms with Crippen LogP contribution >= 0.6 is 0 Å². The van der Waals surface area contributed by atoms with E-state index in [0.717, 1.165) is 25.7 Å². The lowest BCUT2D eigenvalue weighted by Crippen LogP contribution is -2.46. The summed E-state index contributed by atoms with van der Waals surface area (Å²) in [6.07, 6.45) is 4.24. The van der Waals surface area contributed by atoms with Gasteiger partial charge in [-0.2, -0.15) is 0 Å². The molecule has 0 saturated heterocycles. The molecule has 1 rings (SSSR count). The van der Waals surface area contributed by atoms with Gasteiger partial charge in [0.25, 0.3) is 0 Å². The monoisotopic (exact) mass is 172 g/mol. The molecule has 0 bridgehead atoms. The maximum absolute atomic E-state index is 10.4. The van der Waals surface area contributed by atoms with E-state index in [4.69, 9.17) is 10.8 Å². The highest BCUT2D eigenvalue weighted by Gasteiger charge is 2.21. The van der Waals surface area contributed by atoms with Gasteiger partial charge in [-0.25, -0.2) is 4.79 Å². The fraction of sp³-hybridized carbons (Fsp3) is 0.875. The summed E-state index contributed by atoms with van der Waals surface area (Å²) in [5.41, 5.74) is 5.80. The topological polar surface area (TPSA) is 75.3 Å². The molecule has 1 amide bonds. The smallest absolute Gasteiger partial charge is 0.404 e. The minimum atomic E-state index is -0.961. The van der Waals surface area contributed by atoms with Crippen molar-refractivity contribution in [1.82, 2.24) is 5.32 Å². The van der Waals surface area contributed by atoms with Crippen molar-refractivity contribution < 1.29 is 9.90 Å². The Morgan fingerprint density at radius 3 is 2.67 bits per heavy atom. The van der Waals surface area contributed by atoms with Gasteiger partial charge in [-0.3, -0.25) is 0 Å². The average Bonchev–Trinajstić information content (AvgIpc) is 2.16. The number of nitrogens with one attached hydrogen (secondary N) is 1. The van der Waals surface area contributed by atoms with Crippen molar-refractivity contribution in [3.05, 3.63) is 0 Å². The molecule has 2 atom stereocenters. The van der Waals surface area contributed by atoms with Gasteiger partial charge >= 0.3 is 6.09 Å². The van der Waals surface area contributed by atoms with Gasteiger partial charge in [-0.15, -0.1) is 0 Å². The van der Waals surface area contributed by atoms with E-state index >= 15 is 0 Å². The van der Waals surface area contributed by atoms with Gasteiger partial charge in [0.05, 0.1) is 0 Å². The van der Waals surface area contributed by atoms with Crippen molar-refractivity contribution in [3.63, 3.8) is 0 Å². The van der Waals surface area contributed by atoms with Gasteiger partial charge in [0.1, 0.15) is 0 Å². The molecule has 4 heteroatoms. The minimum absolute atomic E-state index is 0.00333. The van der Waals surface area contributed by atoms with Crippen LogP contribution in [-0.2, 0) is 0 Å². The standard InChI is InChI=1S/C8H16N2O2/c9-6-4-2-1-3-5-7(6)10-8(11)12/h6-7,10H,1-5,9H2,(H,11,12)/t6-,7-/m1/s1. The molecule has 1 saturated carbocycles. The summed E-state index contributed by atoms with van der Waals surface area (Å²) in [6.45, 7) is 0. The van der Waals surface area contributed by atoms with E-state index in [1.807, 2.05) is 0 Å². The Bertz CT molecular complexity index is 161. The van der Waals surface area contributed by atoms with Crippen molar-refractivity contribution in [2.24, 2.45) is 5.73 Å². The van der Waals surface area contributed by atoms with Crippen LogP contribution in [0.5, 0.6) is 0 Å². The SMILES string of the molecule is N[C@@H]1CCCCC[C@H]1NC(=O)O. The van der Waals surface area contributed by atoms with Crippen LogP contribution in [0.15, 0.2) is 0 Å². The quantitative estimate of drug-likeness (QED) is 0.515. The molecule has 0 aliphatic heterocycles. The van der Waals surface area contributed by atoms with Crippen molar-refractivity contribution in [2.45, 2.75) is 44.2 Å². The summed E-state index contributed by atoms with van der Waals surface area (Å²) in [4.78, 5) is 10.4. The van der Waals surface area contributed by atoms with Crippen LogP contribution in [0.1, 0.15) is 32.1 Å². The highest BCUT2D eigenvalue weighted by molar-refractivity contribution is 5.64. The first kappa shape index (κ1) is 9.32. The molecule has 1 fully saturated rings. The zero-order chi connectivity index (χ0) is 8.97. The molecule has 0 spiro atoms. The van der Waals surface area contributed by atoms with Crippen LogP contribution in [0.2, 0.25) is 0 Å². The highest BCUT2D eigenvalue weighted by Crippen LogP contribution is 2.16. The Kier molecular flexibility index (Phi) is 3.34. The number of carboxylic acid groups (broad SMARTS) is 1. The molecule has 0 aromatic carbocycles. The van der Waals surface area contributed by atoms with Crippen LogP contribution in [0.25, 0.3) is 0 Å². The van der Waals surface area contributed by atoms with E-state index in [2.05, 4.69) is 5.32 Å². The predicted molar refractivity (Wildman–Crippen MR) is 46.0 cm³/mol. The van der Waals surface area contributed by atoms with Crippen LogP contribution < -0.4 is 11.1 Å². The molecule has 4 N–H and O–H groups in total. The lowest BCUT2D eigenvalue weighted by Gasteiger charge is -2.20. The Morgan fingerprint density at radius 1 is 1.33 bits per heavy atom. The third-order valence-corrected chi connectivity index (χ3v) is 2.38. The average molecular weight is 172 g/mol. The van der Waals surface area contributed by atoms with Crippen molar-refractivity contribution in [2.75, 3.05) is 0 Å². The molecule has 0 aromatic rings. The van der Waals surface area contributed by atoms with Crippen LogP contribution in [-0.4, -0.2) is 23.3 Å². The second-order valence-electron chi connectivity index (χ2n) is 3.36. The Balaban J connectivity index is 2.41. The lowest BCUT2D eigenvalue weighted by atomic mass is 10.0. The first-order valence-electron chi connectivity index (χ1n) is 4.45. The molecule has 70 valence electrons. The van der Waals surface area contributed by atoms with Gasteiger partial charge in [0.15, 0.2) is 0 Å². The molecule has 12 heavy (non-hydrogen) atoms. The Labute approximate surface area is 72.1 Å². The molecule has 1 aliphatic carbocycles. The number of amides is 1. The summed E-state index contributed by atoms with van der Waals surface area (Å²) < 4.78 is 0. The highest BCUT2D eigenvalue weighted by atomic mass is 16.4. The fourth-order valence-electron chi connectivity index (χ4n) is 1.67. The summed E-state index contributed by atoms with van der Waals surface area (Å²) in [5, 5.41) is 11.0. The Hall–Kier alpha value is -0.770. The first-order chi connectivity index (χ1) is 5.70. The zero-order valence-electron chi connectivity index (χ0n) is 7.12. The molecule has 0 heterocycles. The van der Waals surface area contributed by atoms with E-state index < -0.39 is 6.09 Å². The summed E-state index contributed by atoms with van der Waals surface area (Å²) in [5.74, 6) is 0. The maximum atomic E-state index is 10.4. The molecule has 0 radical (unpaired) electrons. The maximum Gasteiger partial charge on any atom is 0.404 e. The third-order valence-electron chi connectivity index (χ3n) is 2.38. The number of hydrogen-bond donors (Lipinski definition) is 3. The van der Waals surface area contributed by atoms with Crippen LogP contribution in [0.4, 0.5) is 4.79 Å². The van der Waals surface area contributed by atoms with Gasteiger partial charge < -0.3 is 16.2 Å². The largest absolute Gasteiger partial charge is 0.465 e. The lowest BCUT2D eigenvalue weighted by molar-refractivity contribution is 0.186. The van der Waals surface area contributed by atoms with Gasteiger partial charge in [0, 0.05) is 12.1 Å². The number of rotatable bonds is 1. The zero-order valence-corrected chi connectivity index (χ0v) is 7.12. The van der Waals surface area contributed by atoms with E-state index in [9.17, 15) is 4.79 Å². The van der Waals surface area contributed by atoms with E-state index in [1.54, 1.807) is 0 Å². The van der Waals surface area contributed by atoms with E-state index in [-0.39, 0.29) is 12.1 Å². The second-order valence-corrected chi connectivity index (χ2v) is 3.36. The summed E-state index contributed by atoms with van der Waals surface area (Å²) in [6, 6.07) is -0.0337. The van der Waals surface area contributed by atoms with Crippen molar-refractivity contribution >= 4 is 6.09 Å². The van der Waals surface area contributed by atoms with Crippen molar-refractivity contribution in [3.8, 4) is 0 Å². The molecule has 1 aliphatic rings. The minimum Gasteiger partial charge on any atom is -0.465 e. The van der Waals surface area contributed by atoms with Gasteiger partial charge in [-0.1, -0.05) is 19.3 Å². The molecule has 4 nitrogen and oxygen atoms in total. The van der Waals surface area contributed by atoms with Gasteiger partial charge in [0.2, 0.25) is 0 Å². The number of hydrogen-bond acceptors (Lipinski definition) is 2. The van der Waals surface area contributed by atoms with Crippen LogP contribution in [0.3, 0.4) is 0 Å². The Morgan fingerprint density at radius 2 is 2.00 bits per heavy atom. The van der Waals surface area contributed by atoms with Crippen LogP contribution in [0, 0.1) is 0 Å². The van der Waals surface area contributed by atoms with Gasteiger partial charge in [-0.05, 0) is 12.8 Å². The number of nitrogens with two attached hydrogens (primary N) is 1. The van der Waals surface area contributed by atoms with E-state index in [1.165, 1.54) is 6.42 Å². The molecular weight excluding hydrogens is 156 g/mol. The second kappa shape index (κ2) is 4.30. The molecule has 0 aromatic heterocycles. The normalized spacial score (nSPS) is 30.8. The third kappa shape index (κ3) is 2.70. The summed E-state index contributed by atoms with van der Waals surface area (Å²) >= 11 is 0. The fourth-order valence-corrected chi connectivity index (χ4v) is 1.67.